The molecular weight excluding hydrogens is 251 g/mol. The number of carbonyl (C=O) groups excluding carboxylic acids is 1. The van der Waals surface area contributed by atoms with E-state index in [0.717, 1.165) is 24.8 Å². The van der Waals surface area contributed by atoms with Crippen LogP contribution in [-0.2, 0) is 11.2 Å². The molecular formula is C15H18ClFO. The maximum absolute atomic E-state index is 13.2. The molecule has 1 saturated carbocycles. The Morgan fingerprint density at radius 1 is 1.44 bits per heavy atom. The fourth-order valence-corrected chi connectivity index (χ4v) is 2.93. The van der Waals surface area contributed by atoms with Gasteiger partial charge in [0.2, 0.25) is 0 Å². The molecule has 0 radical (unpaired) electrons. The summed E-state index contributed by atoms with van der Waals surface area (Å²) in [5.74, 6) is 0.660. The first-order chi connectivity index (χ1) is 8.60. The van der Waals surface area contributed by atoms with Crippen LogP contribution in [0.25, 0.3) is 0 Å². The van der Waals surface area contributed by atoms with Crippen molar-refractivity contribution in [2.75, 3.05) is 0 Å². The lowest BCUT2D eigenvalue weighted by Gasteiger charge is -2.27. The zero-order chi connectivity index (χ0) is 13.1. The Bertz CT molecular complexity index is 444. The summed E-state index contributed by atoms with van der Waals surface area (Å²) in [6.45, 7) is 2.16. The summed E-state index contributed by atoms with van der Waals surface area (Å²) in [4.78, 5) is 11.9. The summed E-state index contributed by atoms with van der Waals surface area (Å²) in [6, 6.07) is 4.37. The molecule has 1 aromatic carbocycles. The highest BCUT2D eigenvalue weighted by Gasteiger charge is 2.28. The van der Waals surface area contributed by atoms with Crippen molar-refractivity contribution < 1.29 is 9.18 Å². The van der Waals surface area contributed by atoms with E-state index in [1.54, 1.807) is 6.07 Å². The van der Waals surface area contributed by atoms with Crippen molar-refractivity contribution in [2.45, 2.75) is 39.0 Å². The molecule has 0 bridgehead atoms. The van der Waals surface area contributed by atoms with Crippen LogP contribution in [0.1, 0.15) is 38.2 Å². The number of rotatable bonds is 3. The van der Waals surface area contributed by atoms with Crippen LogP contribution in [0.5, 0.6) is 0 Å². The van der Waals surface area contributed by atoms with Crippen LogP contribution in [0.3, 0.4) is 0 Å². The second-order valence-electron chi connectivity index (χ2n) is 5.15. The highest BCUT2D eigenvalue weighted by atomic mass is 35.5. The van der Waals surface area contributed by atoms with Gasteiger partial charge < -0.3 is 0 Å². The van der Waals surface area contributed by atoms with E-state index in [0.29, 0.717) is 29.6 Å². The van der Waals surface area contributed by atoms with Crippen LogP contribution in [-0.4, -0.2) is 5.78 Å². The predicted octanol–water partition coefficient (Wildman–Crippen LogP) is 4.42. The number of Topliss-reactive ketones (excluding diaryl/α,β-unsaturated/α-hetero) is 1. The molecule has 3 heteroatoms. The third kappa shape index (κ3) is 3.11. The molecule has 1 aliphatic rings. The molecule has 0 saturated heterocycles. The minimum atomic E-state index is -0.287. The van der Waals surface area contributed by atoms with Crippen LogP contribution in [0, 0.1) is 17.7 Å². The van der Waals surface area contributed by atoms with Gasteiger partial charge in [0.05, 0.1) is 0 Å². The minimum Gasteiger partial charge on any atom is -0.299 e. The first-order valence-corrected chi connectivity index (χ1v) is 6.94. The Morgan fingerprint density at radius 2 is 2.22 bits per heavy atom. The average molecular weight is 269 g/mol. The minimum absolute atomic E-state index is 0.0167. The molecule has 1 aliphatic carbocycles. The average Bonchev–Trinajstić information content (AvgIpc) is 2.36. The van der Waals surface area contributed by atoms with Gasteiger partial charge >= 0.3 is 0 Å². The number of benzene rings is 1. The zero-order valence-corrected chi connectivity index (χ0v) is 11.3. The lowest BCUT2D eigenvalue weighted by molar-refractivity contribution is -0.125. The molecule has 18 heavy (non-hydrogen) atoms. The van der Waals surface area contributed by atoms with Gasteiger partial charge in [-0.3, -0.25) is 4.79 Å². The van der Waals surface area contributed by atoms with E-state index in [1.807, 2.05) is 0 Å². The van der Waals surface area contributed by atoms with Crippen molar-refractivity contribution in [1.29, 1.82) is 0 Å². The summed E-state index contributed by atoms with van der Waals surface area (Å²) in [6.07, 6.45) is 4.27. The molecule has 0 spiro atoms. The van der Waals surface area contributed by atoms with Crippen LogP contribution in [0.4, 0.5) is 4.39 Å². The largest absolute Gasteiger partial charge is 0.299 e. The molecule has 2 rings (SSSR count). The first-order valence-electron chi connectivity index (χ1n) is 6.56. The highest BCUT2D eigenvalue weighted by molar-refractivity contribution is 6.31. The Balaban J connectivity index is 2.11. The maximum Gasteiger partial charge on any atom is 0.136 e. The molecule has 2 atom stereocenters. The SMILES string of the molecule is CCC1CCC(=O)C(Cc2cc(F)ccc2Cl)C1. The quantitative estimate of drug-likeness (QED) is 0.793. The lowest BCUT2D eigenvalue weighted by atomic mass is 9.77. The molecule has 0 N–H and O–H groups in total. The van der Waals surface area contributed by atoms with Crippen molar-refractivity contribution in [2.24, 2.45) is 11.8 Å². The molecule has 98 valence electrons. The summed E-state index contributed by atoms with van der Waals surface area (Å²) in [5.41, 5.74) is 0.756. The number of hydrogen-bond donors (Lipinski definition) is 0. The van der Waals surface area contributed by atoms with Crippen LogP contribution < -0.4 is 0 Å². The van der Waals surface area contributed by atoms with Gasteiger partial charge in [0.25, 0.3) is 0 Å². The third-order valence-corrected chi connectivity index (χ3v) is 4.29. The van der Waals surface area contributed by atoms with Gasteiger partial charge in [0, 0.05) is 17.4 Å². The van der Waals surface area contributed by atoms with E-state index in [-0.39, 0.29) is 11.7 Å². The van der Waals surface area contributed by atoms with Gasteiger partial charge in [-0.15, -0.1) is 0 Å². The summed E-state index contributed by atoms with van der Waals surface area (Å²) < 4.78 is 13.2. The van der Waals surface area contributed by atoms with Crippen LogP contribution in [0.2, 0.25) is 5.02 Å². The van der Waals surface area contributed by atoms with Crippen LogP contribution >= 0.6 is 11.6 Å². The van der Waals surface area contributed by atoms with Crippen molar-refractivity contribution >= 4 is 17.4 Å². The lowest BCUT2D eigenvalue weighted by Crippen LogP contribution is -2.26. The zero-order valence-electron chi connectivity index (χ0n) is 10.6. The highest BCUT2D eigenvalue weighted by Crippen LogP contribution is 2.32. The van der Waals surface area contributed by atoms with Gasteiger partial charge in [-0.05, 0) is 48.9 Å². The topological polar surface area (TPSA) is 17.1 Å². The first kappa shape index (κ1) is 13.5. The van der Waals surface area contributed by atoms with Gasteiger partial charge in [0.15, 0.2) is 0 Å². The summed E-state index contributed by atoms with van der Waals surface area (Å²) in [7, 11) is 0. The molecule has 2 unspecified atom stereocenters. The van der Waals surface area contributed by atoms with E-state index in [1.165, 1.54) is 12.1 Å². The van der Waals surface area contributed by atoms with E-state index in [9.17, 15) is 9.18 Å². The van der Waals surface area contributed by atoms with Crippen molar-refractivity contribution in [1.82, 2.24) is 0 Å². The molecule has 0 heterocycles. The number of carbonyl (C=O) groups is 1. The van der Waals surface area contributed by atoms with Crippen molar-refractivity contribution in [3.05, 3.63) is 34.6 Å². The fraction of sp³-hybridized carbons (Fsp3) is 0.533. The number of hydrogen-bond acceptors (Lipinski definition) is 1. The number of halogens is 2. The third-order valence-electron chi connectivity index (χ3n) is 3.92. The smallest absolute Gasteiger partial charge is 0.136 e. The summed E-state index contributed by atoms with van der Waals surface area (Å²) >= 11 is 6.06. The van der Waals surface area contributed by atoms with Crippen LogP contribution in [0.15, 0.2) is 18.2 Å². The van der Waals surface area contributed by atoms with Gasteiger partial charge in [0.1, 0.15) is 11.6 Å². The fourth-order valence-electron chi connectivity index (χ4n) is 2.74. The van der Waals surface area contributed by atoms with E-state index >= 15 is 0 Å². The van der Waals surface area contributed by atoms with Crippen molar-refractivity contribution in [3.8, 4) is 0 Å². The molecule has 0 amide bonds. The Labute approximate surface area is 112 Å². The Hall–Kier alpha value is -0.890. The van der Waals surface area contributed by atoms with Gasteiger partial charge in [-0.2, -0.15) is 0 Å². The second-order valence-corrected chi connectivity index (χ2v) is 5.56. The monoisotopic (exact) mass is 268 g/mol. The number of ketones is 1. The summed E-state index contributed by atoms with van der Waals surface area (Å²) in [5, 5.41) is 0.558. The van der Waals surface area contributed by atoms with Gasteiger partial charge in [-0.1, -0.05) is 24.9 Å². The molecule has 1 aromatic rings. The van der Waals surface area contributed by atoms with E-state index < -0.39 is 0 Å². The molecule has 0 aliphatic heterocycles. The molecule has 1 fully saturated rings. The normalized spacial score (nSPS) is 24.3. The van der Waals surface area contributed by atoms with Gasteiger partial charge in [-0.25, -0.2) is 4.39 Å². The molecule has 0 aromatic heterocycles. The predicted molar refractivity (Wildman–Crippen MR) is 71.2 cm³/mol. The Morgan fingerprint density at radius 3 is 2.94 bits per heavy atom. The maximum atomic E-state index is 13.2. The molecule has 1 nitrogen and oxygen atoms in total. The van der Waals surface area contributed by atoms with E-state index in [4.69, 9.17) is 11.6 Å². The standard InChI is InChI=1S/C15H18ClFO/c1-2-10-3-6-15(18)12(7-10)8-11-9-13(17)4-5-14(11)16/h4-5,9-10,12H,2-3,6-8H2,1H3. The Kier molecular flexibility index (Phi) is 4.39. The van der Waals surface area contributed by atoms with Crippen molar-refractivity contribution in [3.63, 3.8) is 0 Å². The second kappa shape index (κ2) is 5.83. The van der Waals surface area contributed by atoms with E-state index in [2.05, 4.69) is 6.92 Å².